The molecule has 0 aliphatic carbocycles. The molecule has 0 bridgehead atoms. The van der Waals surface area contributed by atoms with E-state index in [2.05, 4.69) is 48.3 Å². The van der Waals surface area contributed by atoms with Crippen LogP contribution in [-0.4, -0.2) is 40.9 Å². The van der Waals surface area contributed by atoms with Crippen molar-refractivity contribution in [3.8, 4) is 10.7 Å². The summed E-state index contributed by atoms with van der Waals surface area (Å²) in [6.07, 6.45) is 0. The Morgan fingerprint density at radius 2 is 2.39 bits per heavy atom. The van der Waals surface area contributed by atoms with E-state index in [0.29, 0.717) is 6.04 Å². The highest BCUT2D eigenvalue weighted by Crippen LogP contribution is 2.29. The van der Waals surface area contributed by atoms with Crippen LogP contribution in [-0.2, 0) is 0 Å². The lowest BCUT2D eigenvalue weighted by Crippen LogP contribution is -2.49. The number of hydrogen-bond donors (Lipinski definition) is 2. The molecule has 3 rings (SSSR count). The summed E-state index contributed by atoms with van der Waals surface area (Å²) in [5.41, 5.74) is 0. The Kier molecular flexibility index (Phi) is 3.36. The van der Waals surface area contributed by atoms with E-state index < -0.39 is 0 Å². The van der Waals surface area contributed by atoms with Gasteiger partial charge in [0.15, 0.2) is 5.82 Å². The maximum absolute atomic E-state index is 4.57. The third kappa shape index (κ3) is 2.43. The SMILES string of the molecule is C[C@H]1CN(c2n[nH]c(-c3ccc(Br)s3)n2)CCN1. The first kappa shape index (κ1) is 12.1. The summed E-state index contributed by atoms with van der Waals surface area (Å²) in [4.78, 5) is 7.89. The van der Waals surface area contributed by atoms with E-state index >= 15 is 0 Å². The monoisotopic (exact) mass is 327 g/mol. The second-order valence-electron chi connectivity index (χ2n) is 4.39. The number of piperazine rings is 1. The third-order valence-electron chi connectivity index (χ3n) is 2.93. The number of nitrogens with zero attached hydrogens (tertiary/aromatic N) is 3. The molecule has 96 valence electrons. The van der Waals surface area contributed by atoms with Gasteiger partial charge in [-0.3, -0.25) is 5.10 Å². The molecule has 0 saturated carbocycles. The lowest BCUT2D eigenvalue weighted by atomic mass is 10.2. The Morgan fingerprint density at radius 1 is 1.50 bits per heavy atom. The lowest BCUT2D eigenvalue weighted by Gasteiger charge is -2.30. The first-order chi connectivity index (χ1) is 8.72. The van der Waals surface area contributed by atoms with E-state index in [-0.39, 0.29) is 0 Å². The van der Waals surface area contributed by atoms with Gasteiger partial charge in [-0.25, -0.2) is 0 Å². The Hall–Kier alpha value is -0.920. The molecule has 2 N–H and O–H groups in total. The highest BCUT2D eigenvalue weighted by molar-refractivity contribution is 9.11. The smallest absolute Gasteiger partial charge is 0.245 e. The Labute approximate surface area is 118 Å². The molecule has 7 heteroatoms. The molecule has 0 radical (unpaired) electrons. The van der Waals surface area contributed by atoms with Crippen molar-refractivity contribution in [3.05, 3.63) is 15.9 Å². The summed E-state index contributed by atoms with van der Waals surface area (Å²) in [5, 5.41) is 10.7. The molecule has 0 amide bonds. The number of H-pyrrole nitrogens is 1. The fraction of sp³-hybridized carbons (Fsp3) is 0.455. The normalized spacial score (nSPS) is 20.3. The van der Waals surface area contributed by atoms with E-state index in [1.807, 2.05) is 12.1 Å². The van der Waals surface area contributed by atoms with Gasteiger partial charge in [-0.05, 0) is 35.0 Å². The first-order valence-electron chi connectivity index (χ1n) is 5.89. The van der Waals surface area contributed by atoms with Gasteiger partial charge in [-0.2, -0.15) is 4.98 Å². The van der Waals surface area contributed by atoms with Gasteiger partial charge in [0, 0.05) is 25.7 Å². The fourth-order valence-electron chi connectivity index (χ4n) is 2.06. The van der Waals surface area contributed by atoms with Crippen molar-refractivity contribution in [1.82, 2.24) is 20.5 Å². The van der Waals surface area contributed by atoms with Gasteiger partial charge in [0.1, 0.15) is 0 Å². The maximum atomic E-state index is 4.57. The van der Waals surface area contributed by atoms with E-state index in [9.17, 15) is 0 Å². The van der Waals surface area contributed by atoms with Crippen LogP contribution in [0.4, 0.5) is 5.95 Å². The van der Waals surface area contributed by atoms with E-state index in [0.717, 1.165) is 40.1 Å². The summed E-state index contributed by atoms with van der Waals surface area (Å²) in [7, 11) is 0. The topological polar surface area (TPSA) is 56.8 Å². The van der Waals surface area contributed by atoms with Crippen LogP contribution in [0.25, 0.3) is 10.7 Å². The van der Waals surface area contributed by atoms with Crippen LogP contribution in [0, 0.1) is 0 Å². The van der Waals surface area contributed by atoms with Gasteiger partial charge < -0.3 is 10.2 Å². The predicted octanol–water partition coefficient (Wildman–Crippen LogP) is 2.09. The van der Waals surface area contributed by atoms with Gasteiger partial charge in [-0.15, -0.1) is 16.4 Å². The molecule has 1 saturated heterocycles. The average molecular weight is 328 g/mol. The molecule has 18 heavy (non-hydrogen) atoms. The molecule has 0 spiro atoms. The quantitative estimate of drug-likeness (QED) is 0.886. The van der Waals surface area contributed by atoms with Crippen LogP contribution in [0.2, 0.25) is 0 Å². The zero-order valence-corrected chi connectivity index (χ0v) is 12.4. The fourth-order valence-corrected chi connectivity index (χ4v) is 3.39. The molecule has 2 aromatic heterocycles. The number of hydrogen-bond acceptors (Lipinski definition) is 5. The summed E-state index contributed by atoms with van der Waals surface area (Å²) >= 11 is 5.11. The van der Waals surface area contributed by atoms with Crippen molar-refractivity contribution >= 4 is 33.2 Å². The van der Waals surface area contributed by atoms with Gasteiger partial charge >= 0.3 is 0 Å². The second-order valence-corrected chi connectivity index (χ2v) is 6.85. The molecule has 1 atom stereocenters. The zero-order chi connectivity index (χ0) is 12.5. The average Bonchev–Trinajstić information content (AvgIpc) is 2.97. The molecule has 1 aliphatic rings. The summed E-state index contributed by atoms with van der Waals surface area (Å²) in [6.45, 7) is 5.06. The van der Waals surface area contributed by atoms with Crippen LogP contribution < -0.4 is 10.2 Å². The molecule has 0 aromatic carbocycles. The number of rotatable bonds is 2. The molecule has 0 unspecified atom stereocenters. The summed E-state index contributed by atoms with van der Waals surface area (Å²) < 4.78 is 1.10. The second kappa shape index (κ2) is 4.99. The lowest BCUT2D eigenvalue weighted by molar-refractivity contribution is 0.480. The maximum Gasteiger partial charge on any atom is 0.245 e. The minimum Gasteiger partial charge on any atom is -0.337 e. The number of thiophene rings is 1. The van der Waals surface area contributed by atoms with Crippen LogP contribution >= 0.6 is 27.3 Å². The summed E-state index contributed by atoms with van der Waals surface area (Å²) in [5.74, 6) is 1.63. The van der Waals surface area contributed by atoms with Crippen molar-refractivity contribution in [1.29, 1.82) is 0 Å². The first-order valence-corrected chi connectivity index (χ1v) is 7.50. The molecule has 2 aromatic rings. The van der Waals surface area contributed by atoms with Crippen LogP contribution in [0.15, 0.2) is 15.9 Å². The van der Waals surface area contributed by atoms with Crippen molar-refractivity contribution in [2.24, 2.45) is 0 Å². The standard InChI is InChI=1S/C11H14BrN5S/c1-7-6-17(5-4-13-7)11-14-10(15-16-11)8-2-3-9(12)18-8/h2-3,7,13H,4-6H2,1H3,(H,14,15,16)/t7-/m0/s1. The van der Waals surface area contributed by atoms with Gasteiger partial charge in [0.25, 0.3) is 0 Å². The minimum atomic E-state index is 0.483. The van der Waals surface area contributed by atoms with Crippen molar-refractivity contribution in [2.45, 2.75) is 13.0 Å². The molecule has 3 heterocycles. The number of aromatic amines is 1. The molecular weight excluding hydrogens is 314 g/mol. The van der Waals surface area contributed by atoms with E-state index in [1.165, 1.54) is 0 Å². The molecule has 5 nitrogen and oxygen atoms in total. The van der Waals surface area contributed by atoms with Gasteiger partial charge in [-0.1, -0.05) is 0 Å². The number of halogens is 1. The number of aromatic nitrogens is 3. The van der Waals surface area contributed by atoms with Crippen molar-refractivity contribution < 1.29 is 0 Å². The van der Waals surface area contributed by atoms with Crippen molar-refractivity contribution in [2.75, 3.05) is 24.5 Å². The Morgan fingerprint density at radius 3 is 3.11 bits per heavy atom. The van der Waals surface area contributed by atoms with Crippen LogP contribution in [0.3, 0.4) is 0 Å². The minimum absolute atomic E-state index is 0.483. The zero-order valence-electron chi connectivity index (χ0n) is 9.98. The third-order valence-corrected chi connectivity index (χ3v) is 4.56. The van der Waals surface area contributed by atoms with E-state index in [4.69, 9.17) is 0 Å². The number of anilines is 1. The van der Waals surface area contributed by atoms with Crippen molar-refractivity contribution in [3.63, 3.8) is 0 Å². The summed E-state index contributed by atoms with van der Waals surface area (Å²) in [6, 6.07) is 4.55. The van der Waals surface area contributed by atoms with Crippen LogP contribution in [0.1, 0.15) is 6.92 Å². The van der Waals surface area contributed by atoms with Gasteiger partial charge in [0.2, 0.25) is 5.95 Å². The number of nitrogens with one attached hydrogen (secondary N) is 2. The largest absolute Gasteiger partial charge is 0.337 e. The molecular formula is C11H14BrN5S. The van der Waals surface area contributed by atoms with Crippen LogP contribution in [0.5, 0.6) is 0 Å². The highest BCUT2D eigenvalue weighted by atomic mass is 79.9. The molecule has 1 aliphatic heterocycles. The van der Waals surface area contributed by atoms with Gasteiger partial charge in [0.05, 0.1) is 8.66 Å². The molecule has 1 fully saturated rings. The highest BCUT2D eigenvalue weighted by Gasteiger charge is 2.19. The Bertz CT molecular complexity index is 537. The predicted molar refractivity (Wildman–Crippen MR) is 77.1 cm³/mol. The van der Waals surface area contributed by atoms with E-state index in [1.54, 1.807) is 11.3 Å². The Balaban J connectivity index is 1.80.